The van der Waals surface area contributed by atoms with Gasteiger partial charge >= 0.3 is 0 Å². The molecule has 54 valence electrons. The van der Waals surface area contributed by atoms with Gasteiger partial charge in [-0.25, -0.2) is 0 Å². The van der Waals surface area contributed by atoms with Gasteiger partial charge in [-0.2, -0.15) is 5.10 Å². The van der Waals surface area contributed by atoms with Crippen molar-refractivity contribution in [2.75, 3.05) is 0 Å². The third-order valence-electron chi connectivity index (χ3n) is 1.28. The van der Waals surface area contributed by atoms with Gasteiger partial charge in [0.2, 0.25) is 0 Å². The van der Waals surface area contributed by atoms with Gasteiger partial charge in [-0.15, -0.1) is 0 Å². The lowest BCUT2D eigenvalue weighted by atomic mass is 10.3. The quantitative estimate of drug-likeness (QED) is 0.732. The van der Waals surface area contributed by atoms with Gasteiger partial charge in [-0.05, 0) is 29.1 Å². The zero-order valence-corrected chi connectivity index (χ0v) is 7.27. The van der Waals surface area contributed by atoms with Crippen LogP contribution < -0.4 is 0 Å². The minimum absolute atomic E-state index is 0.736. The van der Waals surface area contributed by atoms with Crippen LogP contribution in [-0.2, 0) is 6.42 Å². The Morgan fingerprint density at radius 3 is 2.90 bits per heavy atom. The van der Waals surface area contributed by atoms with E-state index >= 15 is 0 Å². The van der Waals surface area contributed by atoms with Crippen molar-refractivity contribution >= 4 is 28.3 Å². The Bertz CT molecular complexity index is 241. The summed E-state index contributed by atoms with van der Waals surface area (Å²) in [5, 5.41) is 6.76. The van der Waals surface area contributed by atoms with E-state index in [4.69, 9.17) is 0 Å². The van der Waals surface area contributed by atoms with Gasteiger partial charge in [0.05, 0.1) is 5.69 Å². The zero-order chi connectivity index (χ0) is 7.56. The topological polar surface area (TPSA) is 41.0 Å². The molecule has 0 atom stereocenters. The molecule has 3 nitrogen and oxygen atoms in total. The molecule has 0 amide bonds. The summed E-state index contributed by atoms with van der Waals surface area (Å²) in [5.41, 5.74) is 1.84. The fraction of sp³-hybridized carbons (Fsp3) is 0.333. The molecule has 1 N–H and O–H groups in total. The van der Waals surface area contributed by atoms with Gasteiger partial charge in [0.1, 0.15) is 5.69 Å². The van der Waals surface area contributed by atoms with Gasteiger partial charge in [0.25, 0.3) is 0 Å². The summed E-state index contributed by atoms with van der Waals surface area (Å²) in [6.45, 7) is 5.47. The standard InChI is InChI=1S/C6H8BrN3/c1-3-4-5(8-2)6(7)10-9-4/h2-3H2,1H3,(H,9,10). The van der Waals surface area contributed by atoms with Crippen LogP contribution in [0.3, 0.4) is 0 Å². The third kappa shape index (κ3) is 1.11. The molecule has 0 unspecified atom stereocenters. The van der Waals surface area contributed by atoms with Gasteiger partial charge in [-0.3, -0.25) is 10.1 Å². The third-order valence-corrected chi connectivity index (χ3v) is 1.83. The molecule has 0 aromatic carbocycles. The van der Waals surface area contributed by atoms with E-state index in [9.17, 15) is 0 Å². The lowest BCUT2D eigenvalue weighted by Gasteiger charge is -1.89. The highest BCUT2D eigenvalue weighted by Crippen LogP contribution is 2.25. The Morgan fingerprint density at radius 2 is 2.50 bits per heavy atom. The molecule has 0 aliphatic heterocycles. The van der Waals surface area contributed by atoms with Gasteiger partial charge in [0, 0.05) is 0 Å². The molecule has 1 aromatic rings. The van der Waals surface area contributed by atoms with Crippen LogP contribution in [0.15, 0.2) is 9.60 Å². The molecule has 1 heterocycles. The van der Waals surface area contributed by atoms with Crippen LogP contribution in [0.2, 0.25) is 0 Å². The van der Waals surface area contributed by atoms with Crippen LogP contribution in [0, 0.1) is 0 Å². The Hall–Kier alpha value is -0.640. The first-order valence-electron chi connectivity index (χ1n) is 2.99. The first kappa shape index (κ1) is 7.47. The minimum Gasteiger partial charge on any atom is -0.279 e. The van der Waals surface area contributed by atoms with Gasteiger partial charge < -0.3 is 0 Å². The number of aliphatic imine (C=N–C) groups is 1. The zero-order valence-electron chi connectivity index (χ0n) is 5.69. The number of rotatable bonds is 2. The Balaban J connectivity index is 3.12. The second-order valence-electron chi connectivity index (χ2n) is 1.85. The number of aromatic nitrogens is 2. The average Bonchev–Trinajstić information content (AvgIpc) is 2.30. The second kappa shape index (κ2) is 2.96. The molecular weight excluding hydrogens is 194 g/mol. The average molecular weight is 202 g/mol. The van der Waals surface area contributed by atoms with E-state index in [-0.39, 0.29) is 0 Å². The predicted octanol–water partition coefficient (Wildman–Crippen LogP) is 2.07. The number of aryl methyl sites for hydroxylation is 1. The van der Waals surface area contributed by atoms with E-state index in [0.717, 1.165) is 22.4 Å². The number of nitrogens with one attached hydrogen (secondary N) is 1. The molecule has 0 saturated carbocycles. The molecule has 4 heteroatoms. The molecular formula is C6H8BrN3. The summed E-state index contributed by atoms with van der Waals surface area (Å²) in [5.74, 6) is 0. The number of H-pyrrole nitrogens is 1. The van der Waals surface area contributed by atoms with E-state index in [1.54, 1.807) is 0 Å². The molecule has 1 rings (SSSR count). The highest BCUT2D eigenvalue weighted by Gasteiger charge is 2.05. The van der Waals surface area contributed by atoms with E-state index < -0.39 is 0 Å². The van der Waals surface area contributed by atoms with Crippen LogP contribution in [0.5, 0.6) is 0 Å². The van der Waals surface area contributed by atoms with Crippen molar-refractivity contribution in [2.45, 2.75) is 13.3 Å². The summed E-state index contributed by atoms with van der Waals surface area (Å²) in [6.07, 6.45) is 0.896. The van der Waals surface area contributed by atoms with Crippen LogP contribution in [0.25, 0.3) is 0 Å². The van der Waals surface area contributed by atoms with E-state index in [2.05, 4.69) is 37.8 Å². The fourth-order valence-corrected chi connectivity index (χ4v) is 1.21. The van der Waals surface area contributed by atoms with E-state index in [1.165, 1.54) is 0 Å². The van der Waals surface area contributed by atoms with Crippen molar-refractivity contribution in [1.29, 1.82) is 0 Å². The van der Waals surface area contributed by atoms with Gasteiger partial charge in [-0.1, -0.05) is 6.92 Å². The fourth-order valence-electron chi connectivity index (χ4n) is 0.754. The number of nitrogens with zero attached hydrogens (tertiary/aromatic N) is 2. The van der Waals surface area contributed by atoms with Crippen LogP contribution in [0.1, 0.15) is 12.6 Å². The second-order valence-corrected chi connectivity index (χ2v) is 2.60. The van der Waals surface area contributed by atoms with Crippen molar-refractivity contribution in [3.63, 3.8) is 0 Å². The summed E-state index contributed by atoms with van der Waals surface area (Å²) in [7, 11) is 0. The number of aromatic amines is 1. The van der Waals surface area contributed by atoms with Crippen molar-refractivity contribution in [2.24, 2.45) is 4.99 Å². The Labute approximate surface area is 67.7 Å². The van der Waals surface area contributed by atoms with Crippen LogP contribution in [0.4, 0.5) is 5.69 Å². The minimum atomic E-state index is 0.736. The molecule has 1 aromatic heterocycles. The molecule has 0 spiro atoms. The summed E-state index contributed by atoms with van der Waals surface area (Å²) in [4.78, 5) is 3.81. The maximum Gasteiger partial charge on any atom is 0.153 e. The number of hydrogen-bond donors (Lipinski definition) is 1. The highest BCUT2D eigenvalue weighted by atomic mass is 79.9. The largest absolute Gasteiger partial charge is 0.279 e. The highest BCUT2D eigenvalue weighted by molar-refractivity contribution is 9.10. The molecule has 0 bridgehead atoms. The first-order chi connectivity index (χ1) is 4.79. The van der Waals surface area contributed by atoms with E-state index in [1.807, 2.05) is 6.92 Å². The van der Waals surface area contributed by atoms with Crippen molar-refractivity contribution in [1.82, 2.24) is 10.2 Å². The normalized spacial score (nSPS) is 9.80. The Morgan fingerprint density at radius 1 is 1.80 bits per heavy atom. The predicted molar refractivity (Wildman–Crippen MR) is 44.9 cm³/mol. The van der Waals surface area contributed by atoms with Gasteiger partial charge in [0.15, 0.2) is 4.60 Å². The summed E-state index contributed by atoms with van der Waals surface area (Å²) >= 11 is 3.24. The van der Waals surface area contributed by atoms with Crippen LogP contribution >= 0.6 is 15.9 Å². The van der Waals surface area contributed by atoms with Crippen molar-refractivity contribution in [3.8, 4) is 0 Å². The maximum absolute atomic E-state index is 3.92. The van der Waals surface area contributed by atoms with Crippen molar-refractivity contribution in [3.05, 3.63) is 10.3 Å². The smallest absolute Gasteiger partial charge is 0.153 e. The number of halogens is 1. The summed E-state index contributed by atoms with van der Waals surface area (Å²) in [6, 6.07) is 0. The van der Waals surface area contributed by atoms with E-state index in [0.29, 0.717) is 0 Å². The molecule has 10 heavy (non-hydrogen) atoms. The first-order valence-corrected chi connectivity index (χ1v) is 3.78. The lowest BCUT2D eigenvalue weighted by molar-refractivity contribution is 0.968. The molecule has 0 aliphatic carbocycles. The lowest BCUT2D eigenvalue weighted by Crippen LogP contribution is -1.78. The Kier molecular flexibility index (Phi) is 2.21. The molecule has 0 aliphatic rings. The molecule has 0 radical (unpaired) electrons. The molecule has 0 fully saturated rings. The monoisotopic (exact) mass is 201 g/mol. The number of hydrogen-bond acceptors (Lipinski definition) is 2. The maximum atomic E-state index is 3.92. The SMILES string of the molecule is C=Nc1c(Br)n[nH]c1CC. The summed E-state index contributed by atoms with van der Waals surface area (Å²) < 4.78 is 0.736. The molecule has 0 saturated heterocycles. The van der Waals surface area contributed by atoms with Crippen LogP contribution in [-0.4, -0.2) is 16.9 Å². The van der Waals surface area contributed by atoms with Crippen molar-refractivity contribution < 1.29 is 0 Å².